The molecule has 2 aromatic heterocycles. The van der Waals surface area contributed by atoms with E-state index >= 15 is 0 Å². The first-order valence-corrected chi connectivity index (χ1v) is 5.32. The first kappa shape index (κ1) is 10.8. The molecule has 1 N–H and O–H groups in total. The molecule has 0 aliphatic carbocycles. The molecule has 0 atom stereocenters. The predicted molar refractivity (Wildman–Crippen MR) is 62.9 cm³/mol. The molecule has 0 aliphatic rings. The summed E-state index contributed by atoms with van der Waals surface area (Å²) < 4.78 is 7.61. The van der Waals surface area contributed by atoms with E-state index < -0.39 is 0 Å². The highest BCUT2D eigenvalue weighted by atomic mass is 32.1. The molecule has 0 fully saturated rings. The highest BCUT2D eigenvalue weighted by Gasteiger charge is 2.08. The zero-order valence-electron chi connectivity index (χ0n) is 9.10. The van der Waals surface area contributed by atoms with Gasteiger partial charge in [-0.1, -0.05) is 0 Å². The molecule has 16 heavy (non-hydrogen) atoms. The summed E-state index contributed by atoms with van der Waals surface area (Å²) in [4.78, 5) is 4.05. The second kappa shape index (κ2) is 4.44. The Labute approximate surface area is 98.1 Å². The summed E-state index contributed by atoms with van der Waals surface area (Å²) in [7, 11) is 1.59. The van der Waals surface area contributed by atoms with Crippen molar-refractivity contribution in [2.45, 2.75) is 13.5 Å². The Morgan fingerprint density at radius 3 is 3.06 bits per heavy atom. The van der Waals surface area contributed by atoms with Crippen molar-refractivity contribution >= 4 is 12.2 Å². The molecule has 2 heterocycles. The molecule has 0 saturated heterocycles. The molecule has 2 aromatic rings. The summed E-state index contributed by atoms with van der Waals surface area (Å²) in [6, 6.07) is 3.71. The number of nitrogens with one attached hydrogen (secondary N) is 1. The number of pyridine rings is 1. The smallest absolute Gasteiger partial charge is 0.213 e. The van der Waals surface area contributed by atoms with E-state index in [1.807, 2.05) is 23.6 Å². The first-order chi connectivity index (χ1) is 7.76. The van der Waals surface area contributed by atoms with Gasteiger partial charge in [0.15, 0.2) is 10.6 Å². The van der Waals surface area contributed by atoms with Gasteiger partial charge < -0.3 is 9.30 Å². The molecular weight excluding hydrogens is 224 g/mol. The Bertz CT molecular complexity index is 546. The van der Waals surface area contributed by atoms with E-state index in [0.29, 0.717) is 10.7 Å². The van der Waals surface area contributed by atoms with Crippen LogP contribution in [0.5, 0.6) is 5.88 Å². The van der Waals surface area contributed by atoms with Crippen LogP contribution in [0.3, 0.4) is 0 Å². The Hall–Kier alpha value is -1.69. The number of methoxy groups -OCH3 is 1. The zero-order chi connectivity index (χ0) is 11.5. The zero-order valence-corrected chi connectivity index (χ0v) is 9.91. The third-order valence-corrected chi connectivity index (χ3v) is 2.59. The van der Waals surface area contributed by atoms with Crippen LogP contribution in [0, 0.1) is 4.77 Å². The number of hydrogen-bond donors (Lipinski definition) is 1. The van der Waals surface area contributed by atoms with Gasteiger partial charge in [0.05, 0.1) is 7.11 Å². The maximum Gasteiger partial charge on any atom is 0.213 e. The van der Waals surface area contributed by atoms with Crippen molar-refractivity contribution in [3.8, 4) is 17.3 Å². The van der Waals surface area contributed by atoms with Crippen molar-refractivity contribution in [3.05, 3.63) is 23.1 Å². The normalized spacial score (nSPS) is 10.4. The van der Waals surface area contributed by atoms with E-state index in [0.717, 1.165) is 17.9 Å². The van der Waals surface area contributed by atoms with Gasteiger partial charge in [0.25, 0.3) is 0 Å². The fourth-order valence-electron chi connectivity index (χ4n) is 1.49. The van der Waals surface area contributed by atoms with Crippen LogP contribution in [0.2, 0.25) is 0 Å². The molecule has 5 nitrogen and oxygen atoms in total. The van der Waals surface area contributed by atoms with Gasteiger partial charge in [0, 0.05) is 24.4 Å². The molecule has 84 valence electrons. The number of rotatable bonds is 3. The molecular formula is C10H12N4OS. The van der Waals surface area contributed by atoms with Gasteiger partial charge >= 0.3 is 0 Å². The largest absolute Gasteiger partial charge is 0.481 e. The Balaban J connectivity index is 2.53. The van der Waals surface area contributed by atoms with E-state index in [-0.39, 0.29) is 0 Å². The van der Waals surface area contributed by atoms with Gasteiger partial charge in [-0.25, -0.2) is 4.98 Å². The van der Waals surface area contributed by atoms with Crippen LogP contribution >= 0.6 is 12.2 Å². The lowest BCUT2D eigenvalue weighted by molar-refractivity contribution is 0.398. The van der Waals surface area contributed by atoms with Crippen molar-refractivity contribution in [1.29, 1.82) is 0 Å². The molecule has 0 amide bonds. The van der Waals surface area contributed by atoms with Gasteiger partial charge in [-0.2, -0.15) is 5.10 Å². The monoisotopic (exact) mass is 236 g/mol. The van der Waals surface area contributed by atoms with Gasteiger partial charge in [-0.3, -0.25) is 5.10 Å². The number of aromatic amines is 1. The summed E-state index contributed by atoms with van der Waals surface area (Å²) >= 11 is 5.13. The van der Waals surface area contributed by atoms with Crippen molar-refractivity contribution in [1.82, 2.24) is 19.7 Å². The molecule has 0 unspecified atom stereocenters. The Morgan fingerprint density at radius 1 is 1.56 bits per heavy atom. The van der Waals surface area contributed by atoms with Crippen LogP contribution < -0.4 is 4.74 Å². The van der Waals surface area contributed by atoms with E-state index in [4.69, 9.17) is 17.0 Å². The second-order valence-electron chi connectivity index (χ2n) is 3.18. The minimum Gasteiger partial charge on any atom is -0.481 e. The van der Waals surface area contributed by atoms with Crippen molar-refractivity contribution in [3.63, 3.8) is 0 Å². The van der Waals surface area contributed by atoms with Crippen LogP contribution in [0.25, 0.3) is 11.4 Å². The van der Waals surface area contributed by atoms with Gasteiger partial charge in [0.1, 0.15) is 0 Å². The summed E-state index contributed by atoms with van der Waals surface area (Å²) in [6.45, 7) is 2.79. The summed E-state index contributed by atoms with van der Waals surface area (Å²) in [5.74, 6) is 1.36. The van der Waals surface area contributed by atoms with Crippen molar-refractivity contribution in [2.75, 3.05) is 7.11 Å². The van der Waals surface area contributed by atoms with Crippen LogP contribution in [0.4, 0.5) is 0 Å². The van der Waals surface area contributed by atoms with Gasteiger partial charge in [-0.15, -0.1) is 0 Å². The number of hydrogen-bond acceptors (Lipinski definition) is 4. The fourth-order valence-corrected chi connectivity index (χ4v) is 1.75. The highest BCUT2D eigenvalue weighted by Crippen LogP contribution is 2.20. The lowest BCUT2D eigenvalue weighted by Crippen LogP contribution is -1.98. The SMILES string of the molecule is CCn1c(-c2ccnc(OC)c2)n[nH]c1=S. The number of aromatic nitrogens is 4. The van der Waals surface area contributed by atoms with Crippen molar-refractivity contribution in [2.24, 2.45) is 0 Å². The molecule has 0 radical (unpaired) electrons. The number of H-pyrrole nitrogens is 1. The lowest BCUT2D eigenvalue weighted by atomic mass is 10.2. The van der Waals surface area contributed by atoms with Gasteiger partial charge in [0.2, 0.25) is 5.88 Å². The quantitative estimate of drug-likeness (QED) is 0.828. The minimum atomic E-state index is 0.564. The topological polar surface area (TPSA) is 55.7 Å². The molecule has 0 saturated carbocycles. The molecule has 0 aromatic carbocycles. The predicted octanol–water partition coefficient (Wildman–Crippen LogP) is 2.03. The van der Waals surface area contributed by atoms with Crippen LogP contribution in [0.1, 0.15) is 6.92 Å². The summed E-state index contributed by atoms with van der Waals surface area (Å²) in [6.07, 6.45) is 1.69. The third-order valence-electron chi connectivity index (χ3n) is 2.28. The van der Waals surface area contributed by atoms with Gasteiger partial charge in [-0.05, 0) is 25.2 Å². The fraction of sp³-hybridized carbons (Fsp3) is 0.300. The van der Waals surface area contributed by atoms with Crippen LogP contribution in [0.15, 0.2) is 18.3 Å². The van der Waals surface area contributed by atoms with E-state index in [1.165, 1.54) is 0 Å². The number of ether oxygens (including phenoxy) is 1. The highest BCUT2D eigenvalue weighted by molar-refractivity contribution is 7.71. The summed E-state index contributed by atoms with van der Waals surface area (Å²) in [5, 5.41) is 6.97. The maximum absolute atomic E-state index is 5.13. The first-order valence-electron chi connectivity index (χ1n) is 4.92. The molecule has 0 spiro atoms. The lowest BCUT2D eigenvalue weighted by Gasteiger charge is -2.04. The molecule has 2 rings (SSSR count). The average Bonchev–Trinajstić information content (AvgIpc) is 2.70. The summed E-state index contributed by atoms with van der Waals surface area (Å²) in [5.41, 5.74) is 0.932. The average molecular weight is 236 g/mol. The molecule has 0 aliphatic heterocycles. The Kier molecular flexibility index (Phi) is 3.00. The maximum atomic E-state index is 5.13. The van der Waals surface area contributed by atoms with Crippen molar-refractivity contribution < 1.29 is 4.74 Å². The van der Waals surface area contributed by atoms with E-state index in [9.17, 15) is 0 Å². The molecule has 0 bridgehead atoms. The Morgan fingerprint density at radius 2 is 2.38 bits per heavy atom. The second-order valence-corrected chi connectivity index (χ2v) is 3.57. The van der Waals surface area contributed by atoms with Crippen LogP contribution in [-0.2, 0) is 6.54 Å². The van der Waals surface area contributed by atoms with Crippen LogP contribution in [-0.4, -0.2) is 26.9 Å². The third kappa shape index (κ3) is 1.83. The number of nitrogens with zero attached hydrogens (tertiary/aromatic N) is 3. The minimum absolute atomic E-state index is 0.564. The van der Waals surface area contributed by atoms with E-state index in [1.54, 1.807) is 13.3 Å². The van der Waals surface area contributed by atoms with E-state index in [2.05, 4.69) is 15.2 Å². The standard InChI is InChI=1S/C10H12N4OS/c1-3-14-9(12-13-10(14)16)7-4-5-11-8(6-7)15-2/h4-6H,3H2,1-2H3,(H,13,16). The molecule has 6 heteroatoms.